The summed E-state index contributed by atoms with van der Waals surface area (Å²) in [5, 5.41) is 3.17. The molecule has 1 aliphatic rings. The Hall–Kier alpha value is -1.90. The predicted octanol–water partition coefficient (Wildman–Crippen LogP) is 3.55. The lowest BCUT2D eigenvalue weighted by atomic mass is 10.0. The molecular formula is C18H20F2IN3O. The summed E-state index contributed by atoms with van der Waals surface area (Å²) in [5.74, 6) is -0.539. The fourth-order valence-electron chi connectivity index (χ4n) is 2.75. The molecule has 0 aliphatic carbocycles. The van der Waals surface area contributed by atoms with Crippen LogP contribution in [0.1, 0.15) is 23.6 Å². The van der Waals surface area contributed by atoms with Gasteiger partial charge in [-0.05, 0) is 24.1 Å². The van der Waals surface area contributed by atoms with Crippen LogP contribution in [0.4, 0.5) is 8.78 Å². The van der Waals surface area contributed by atoms with Crippen LogP contribution in [0.2, 0.25) is 0 Å². The Balaban J connectivity index is 0.00000225. The van der Waals surface area contributed by atoms with Gasteiger partial charge in [0.25, 0.3) is 0 Å². The van der Waals surface area contributed by atoms with Crippen molar-refractivity contribution >= 4 is 29.9 Å². The molecule has 0 saturated heterocycles. The van der Waals surface area contributed by atoms with Crippen LogP contribution in [-0.2, 0) is 6.42 Å². The highest BCUT2D eigenvalue weighted by Gasteiger charge is 2.21. The van der Waals surface area contributed by atoms with Crippen molar-refractivity contribution in [3.8, 4) is 5.75 Å². The first-order chi connectivity index (χ1) is 11.6. The van der Waals surface area contributed by atoms with Crippen molar-refractivity contribution in [2.45, 2.75) is 18.9 Å². The molecular weight excluding hydrogens is 439 g/mol. The molecule has 0 saturated carbocycles. The third-order valence-electron chi connectivity index (χ3n) is 3.98. The van der Waals surface area contributed by atoms with Gasteiger partial charge in [0, 0.05) is 18.5 Å². The molecule has 0 bridgehead atoms. The molecule has 0 radical (unpaired) electrons. The number of aliphatic imine (C=N–C) groups is 1. The molecule has 2 aromatic rings. The smallest absolute Gasteiger partial charge is 0.189 e. The Bertz CT molecular complexity index is 755. The predicted molar refractivity (Wildman–Crippen MR) is 104 cm³/mol. The van der Waals surface area contributed by atoms with E-state index >= 15 is 0 Å². The van der Waals surface area contributed by atoms with Crippen LogP contribution in [0.5, 0.6) is 5.75 Å². The average molecular weight is 459 g/mol. The van der Waals surface area contributed by atoms with Crippen molar-refractivity contribution in [2.75, 3.05) is 13.2 Å². The molecule has 1 atom stereocenters. The number of hydrogen-bond donors (Lipinski definition) is 2. The Kier molecular flexibility index (Phi) is 6.98. The van der Waals surface area contributed by atoms with Gasteiger partial charge in [-0.3, -0.25) is 4.99 Å². The minimum Gasteiger partial charge on any atom is -0.493 e. The van der Waals surface area contributed by atoms with E-state index in [-0.39, 0.29) is 48.9 Å². The number of rotatable bonds is 4. The summed E-state index contributed by atoms with van der Waals surface area (Å²) in [6, 6.07) is 11.9. The van der Waals surface area contributed by atoms with E-state index in [0.29, 0.717) is 12.2 Å². The molecule has 0 spiro atoms. The molecule has 25 heavy (non-hydrogen) atoms. The maximum Gasteiger partial charge on any atom is 0.189 e. The maximum absolute atomic E-state index is 13.6. The molecule has 1 heterocycles. The van der Waals surface area contributed by atoms with E-state index in [2.05, 4.69) is 10.3 Å². The van der Waals surface area contributed by atoms with Crippen LogP contribution >= 0.6 is 24.0 Å². The van der Waals surface area contributed by atoms with Crippen LogP contribution in [0, 0.1) is 11.6 Å². The number of guanidine groups is 1. The number of fused-ring (bicyclic) bond motifs is 1. The van der Waals surface area contributed by atoms with Gasteiger partial charge in [-0.1, -0.05) is 30.3 Å². The summed E-state index contributed by atoms with van der Waals surface area (Å²) in [4.78, 5) is 4.21. The first kappa shape index (κ1) is 19.4. The molecule has 134 valence electrons. The Morgan fingerprint density at radius 2 is 2.00 bits per heavy atom. The first-order valence-electron chi connectivity index (χ1n) is 7.86. The second-order valence-electron chi connectivity index (χ2n) is 5.60. The Morgan fingerprint density at radius 3 is 2.84 bits per heavy atom. The van der Waals surface area contributed by atoms with Crippen molar-refractivity contribution in [1.29, 1.82) is 0 Å². The number of hydrogen-bond acceptors (Lipinski definition) is 2. The van der Waals surface area contributed by atoms with Crippen LogP contribution < -0.4 is 15.8 Å². The summed E-state index contributed by atoms with van der Waals surface area (Å²) in [6.45, 7) is 0.889. The number of para-hydroxylation sites is 1. The molecule has 4 nitrogen and oxygen atoms in total. The number of nitrogens with one attached hydrogen (secondary N) is 1. The summed E-state index contributed by atoms with van der Waals surface area (Å²) >= 11 is 0. The minimum absolute atomic E-state index is 0. The van der Waals surface area contributed by atoms with Gasteiger partial charge in [0.1, 0.15) is 5.75 Å². The van der Waals surface area contributed by atoms with Crippen LogP contribution in [-0.4, -0.2) is 19.1 Å². The summed E-state index contributed by atoms with van der Waals surface area (Å²) in [7, 11) is 0. The second kappa shape index (κ2) is 8.98. The molecule has 3 N–H and O–H groups in total. The lowest BCUT2D eigenvalue weighted by molar-refractivity contribution is 0.262. The Morgan fingerprint density at radius 1 is 1.20 bits per heavy atom. The summed E-state index contributed by atoms with van der Waals surface area (Å²) < 4.78 is 32.3. The van der Waals surface area contributed by atoms with E-state index in [1.807, 2.05) is 24.3 Å². The molecule has 0 aromatic heterocycles. The van der Waals surface area contributed by atoms with E-state index in [0.717, 1.165) is 23.8 Å². The van der Waals surface area contributed by atoms with Crippen molar-refractivity contribution in [2.24, 2.45) is 10.7 Å². The van der Waals surface area contributed by atoms with Crippen molar-refractivity contribution in [1.82, 2.24) is 5.32 Å². The zero-order valence-electron chi connectivity index (χ0n) is 13.5. The minimum atomic E-state index is -0.846. The van der Waals surface area contributed by atoms with Crippen LogP contribution in [0.25, 0.3) is 0 Å². The van der Waals surface area contributed by atoms with Gasteiger partial charge in [-0.15, -0.1) is 24.0 Å². The van der Waals surface area contributed by atoms with Gasteiger partial charge in [0.05, 0.1) is 12.6 Å². The van der Waals surface area contributed by atoms with Crippen molar-refractivity contribution < 1.29 is 13.5 Å². The van der Waals surface area contributed by atoms with E-state index < -0.39 is 11.6 Å². The highest BCUT2D eigenvalue weighted by Crippen LogP contribution is 2.31. The van der Waals surface area contributed by atoms with Crippen LogP contribution in [0.3, 0.4) is 0 Å². The van der Waals surface area contributed by atoms with Gasteiger partial charge < -0.3 is 15.8 Å². The second-order valence-corrected chi connectivity index (χ2v) is 5.60. The standard InChI is InChI=1S/C18H19F2N3O.HI/c19-14-6-3-4-12(17(14)20)8-10-22-18(21)23-15-9-11-24-16-7-2-1-5-13(15)16;/h1-7,15H,8-11H2,(H3,21,22,23);1H. The van der Waals surface area contributed by atoms with E-state index in [1.54, 1.807) is 6.07 Å². The monoisotopic (exact) mass is 459 g/mol. The topological polar surface area (TPSA) is 59.6 Å². The molecule has 1 aliphatic heterocycles. The lowest BCUT2D eigenvalue weighted by Crippen LogP contribution is -2.37. The molecule has 0 amide bonds. The van der Waals surface area contributed by atoms with Gasteiger partial charge in [-0.25, -0.2) is 8.78 Å². The van der Waals surface area contributed by atoms with Gasteiger partial charge in [0.2, 0.25) is 0 Å². The van der Waals surface area contributed by atoms with Crippen molar-refractivity contribution in [3.05, 3.63) is 65.2 Å². The summed E-state index contributed by atoms with van der Waals surface area (Å²) in [6.07, 6.45) is 1.07. The highest BCUT2D eigenvalue weighted by molar-refractivity contribution is 14.0. The molecule has 2 aromatic carbocycles. The van der Waals surface area contributed by atoms with Crippen molar-refractivity contribution in [3.63, 3.8) is 0 Å². The zero-order valence-corrected chi connectivity index (χ0v) is 15.9. The quantitative estimate of drug-likeness (QED) is 0.418. The van der Waals surface area contributed by atoms with Gasteiger partial charge >= 0.3 is 0 Å². The fourth-order valence-corrected chi connectivity index (χ4v) is 2.75. The number of ether oxygens (including phenoxy) is 1. The molecule has 3 rings (SSSR count). The third-order valence-corrected chi connectivity index (χ3v) is 3.98. The first-order valence-corrected chi connectivity index (χ1v) is 7.86. The number of nitrogens with zero attached hydrogens (tertiary/aromatic N) is 1. The van der Waals surface area contributed by atoms with E-state index in [9.17, 15) is 8.78 Å². The van der Waals surface area contributed by atoms with Gasteiger partial charge in [-0.2, -0.15) is 0 Å². The molecule has 0 fully saturated rings. The Labute approximate surface area is 162 Å². The third kappa shape index (κ3) is 4.81. The SMILES string of the molecule is I.NC(=NCCc1cccc(F)c1F)NC1CCOc2ccccc21. The summed E-state index contributed by atoms with van der Waals surface area (Å²) in [5.41, 5.74) is 7.26. The number of nitrogens with two attached hydrogens (primary N) is 1. The van der Waals surface area contributed by atoms with Gasteiger partial charge in [0.15, 0.2) is 17.6 Å². The fraction of sp³-hybridized carbons (Fsp3) is 0.278. The number of benzene rings is 2. The molecule has 7 heteroatoms. The van der Waals surface area contributed by atoms with Crippen LogP contribution in [0.15, 0.2) is 47.5 Å². The van der Waals surface area contributed by atoms with E-state index in [4.69, 9.17) is 10.5 Å². The lowest BCUT2D eigenvalue weighted by Gasteiger charge is -2.26. The average Bonchev–Trinajstić information content (AvgIpc) is 2.59. The normalized spacial score (nSPS) is 16.4. The van der Waals surface area contributed by atoms with E-state index in [1.165, 1.54) is 6.07 Å². The largest absolute Gasteiger partial charge is 0.493 e. The zero-order chi connectivity index (χ0) is 16.9. The highest BCUT2D eigenvalue weighted by atomic mass is 127. The molecule has 1 unspecified atom stereocenters. The maximum atomic E-state index is 13.6. The number of halogens is 3.